The Labute approximate surface area is 101 Å². The molecule has 2 rings (SSSR count). The van der Waals surface area contributed by atoms with Crippen LogP contribution in [0.4, 0.5) is 5.69 Å². The van der Waals surface area contributed by atoms with Crippen molar-refractivity contribution in [1.82, 2.24) is 5.32 Å². The van der Waals surface area contributed by atoms with Crippen LogP contribution in [0.15, 0.2) is 12.1 Å². The second-order valence-corrected chi connectivity index (χ2v) is 4.64. The number of nitrogens with one attached hydrogen (secondary N) is 2. The molecule has 17 heavy (non-hydrogen) atoms. The lowest BCUT2D eigenvalue weighted by Crippen LogP contribution is -2.36. The summed E-state index contributed by atoms with van der Waals surface area (Å²) in [5.74, 6) is -0.0472. The van der Waals surface area contributed by atoms with Gasteiger partial charge in [-0.05, 0) is 31.9 Å². The van der Waals surface area contributed by atoms with E-state index in [0.29, 0.717) is 0 Å². The third-order valence-electron chi connectivity index (χ3n) is 3.31. The number of benzene rings is 1. The van der Waals surface area contributed by atoms with Crippen molar-refractivity contribution in [1.29, 1.82) is 0 Å². The van der Waals surface area contributed by atoms with E-state index in [2.05, 4.69) is 10.6 Å². The summed E-state index contributed by atoms with van der Waals surface area (Å²) in [6.45, 7) is 5.90. The van der Waals surface area contributed by atoms with Crippen molar-refractivity contribution in [3.8, 4) is 0 Å². The summed E-state index contributed by atoms with van der Waals surface area (Å²) in [5.41, 5.74) is 4.16. The van der Waals surface area contributed by atoms with Gasteiger partial charge in [-0.15, -0.1) is 0 Å². The quantitative estimate of drug-likeness (QED) is 0.738. The van der Waals surface area contributed by atoms with Crippen molar-refractivity contribution in [2.75, 3.05) is 11.9 Å². The van der Waals surface area contributed by atoms with Crippen LogP contribution in [0.2, 0.25) is 0 Å². The van der Waals surface area contributed by atoms with E-state index in [0.717, 1.165) is 16.8 Å². The number of carbonyl (C=O) groups excluding carboxylic acids is 1. The van der Waals surface area contributed by atoms with Gasteiger partial charge in [0.15, 0.2) is 0 Å². The molecule has 3 N–H and O–H groups in total. The normalized spacial score (nSPS) is 20.0. The lowest BCUT2D eigenvalue weighted by atomic mass is 10.0. The highest BCUT2D eigenvalue weighted by molar-refractivity contribution is 6.03. The number of aliphatic hydroxyl groups excluding tert-OH is 1. The second kappa shape index (κ2) is 4.47. The molecule has 92 valence electrons. The van der Waals surface area contributed by atoms with Gasteiger partial charge in [0.1, 0.15) is 6.04 Å². The van der Waals surface area contributed by atoms with Crippen LogP contribution in [0.1, 0.15) is 29.7 Å². The lowest BCUT2D eigenvalue weighted by Gasteiger charge is -2.16. The Morgan fingerprint density at radius 2 is 2.18 bits per heavy atom. The van der Waals surface area contributed by atoms with Crippen molar-refractivity contribution in [2.45, 2.75) is 32.9 Å². The topological polar surface area (TPSA) is 61.4 Å². The van der Waals surface area contributed by atoms with Crippen LogP contribution < -0.4 is 10.6 Å². The Kier molecular flexibility index (Phi) is 3.17. The molecule has 0 aromatic heterocycles. The first-order chi connectivity index (χ1) is 8.04. The van der Waals surface area contributed by atoms with Gasteiger partial charge < -0.3 is 10.4 Å². The standard InChI is InChI=1S/C13H18N2O2/c1-7-4-5-10-11(9(7)3)15-13(17)12(10)14-8(2)6-16/h4-5,8,12,14,16H,6H2,1-3H3,(H,15,17). The zero-order valence-corrected chi connectivity index (χ0v) is 10.4. The van der Waals surface area contributed by atoms with E-state index in [1.54, 1.807) is 0 Å². The number of hydrogen-bond acceptors (Lipinski definition) is 3. The average molecular weight is 234 g/mol. The van der Waals surface area contributed by atoms with Gasteiger partial charge in [-0.25, -0.2) is 0 Å². The first-order valence-electron chi connectivity index (χ1n) is 5.82. The largest absolute Gasteiger partial charge is 0.395 e. The zero-order valence-electron chi connectivity index (χ0n) is 10.4. The van der Waals surface area contributed by atoms with Gasteiger partial charge in [-0.3, -0.25) is 10.1 Å². The fourth-order valence-corrected chi connectivity index (χ4v) is 2.08. The highest BCUT2D eigenvalue weighted by atomic mass is 16.3. The SMILES string of the molecule is Cc1ccc2c(c1C)NC(=O)C2NC(C)CO. The van der Waals surface area contributed by atoms with Crippen LogP contribution in [0.3, 0.4) is 0 Å². The van der Waals surface area contributed by atoms with Gasteiger partial charge in [0.05, 0.1) is 6.61 Å². The van der Waals surface area contributed by atoms with Crippen LogP contribution >= 0.6 is 0 Å². The molecule has 1 amide bonds. The summed E-state index contributed by atoms with van der Waals surface area (Å²) in [5, 5.41) is 15.1. The minimum Gasteiger partial charge on any atom is -0.395 e. The van der Waals surface area contributed by atoms with Gasteiger partial charge in [0.2, 0.25) is 5.91 Å². The van der Waals surface area contributed by atoms with E-state index in [-0.39, 0.29) is 24.6 Å². The van der Waals surface area contributed by atoms with Gasteiger partial charge in [0, 0.05) is 17.3 Å². The van der Waals surface area contributed by atoms with E-state index < -0.39 is 0 Å². The molecule has 1 aromatic carbocycles. The summed E-state index contributed by atoms with van der Waals surface area (Å²) in [6.07, 6.45) is 0. The minimum atomic E-state index is -0.355. The van der Waals surface area contributed by atoms with Gasteiger partial charge >= 0.3 is 0 Å². The number of hydrogen-bond donors (Lipinski definition) is 3. The Hall–Kier alpha value is -1.39. The molecule has 2 atom stereocenters. The highest BCUT2D eigenvalue weighted by Crippen LogP contribution is 2.35. The summed E-state index contributed by atoms with van der Waals surface area (Å²) >= 11 is 0. The zero-order chi connectivity index (χ0) is 12.6. The molecule has 0 radical (unpaired) electrons. The van der Waals surface area contributed by atoms with Crippen LogP contribution in [-0.2, 0) is 4.79 Å². The van der Waals surface area contributed by atoms with Gasteiger partial charge in [0.25, 0.3) is 0 Å². The van der Waals surface area contributed by atoms with Crippen LogP contribution in [-0.4, -0.2) is 23.7 Å². The summed E-state index contributed by atoms with van der Waals surface area (Å²) in [7, 11) is 0. The molecule has 0 fully saturated rings. The molecule has 1 aromatic rings. The number of carbonyl (C=O) groups is 1. The van der Waals surface area contributed by atoms with Gasteiger partial charge in [-0.2, -0.15) is 0 Å². The molecule has 0 bridgehead atoms. The number of aliphatic hydroxyl groups is 1. The molecule has 1 aliphatic rings. The predicted molar refractivity (Wildman–Crippen MR) is 67.0 cm³/mol. The van der Waals surface area contributed by atoms with Crippen molar-refractivity contribution in [3.05, 3.63) is 28.8 Å². The van der Waals surface area contributed by atoms with Crippen LogP contribution in [0.5, 0.6) is 0 Å². The first kappa shape index (κ1) is 12.1. The third-order valence-corrected chi connectivity index (χ3v) is 3.31. The fraction of sp³-hybridized carbons (Fsp3) is 0.462. The van der Waals surface area contributed by atoms with Crippen LogP contribution in [0.25, 0.3) is 0 Å². The average Bonchev–Trinajstić information content (AvgIpc) is 2.62. The summed E-state index contributed by atoms with van der Waals surface area (Å²) in [6, 6.07) is 3.54. The first-order valence-corrected chi connectivity index (χ1v) is 5.82. The third kappa shape index (κ3) is 2.06. The second-order valence-electron chi connectivity index (χ2n) is 4.64. The smallest absolute Gasteiger partial charge is 0.246 e. The fourth-order valence-electron chi connectivity index (χ4n) is 2.08. The van der Waals surface area contributed by atoms with Crippen LogP contribution in [0, 0.1) is 13.8 Å². The molecular weight excluding hydrogens is 216 g/mol. The Morgan fingerprint density at radius 1 is 1.47 bits per heavy atom. The van der Waals surface area contributed by atoms with Crippen molar-refractivity contribution < 1.29 is 9.90 Å². The molecule has 4 heteroatoms. The van der Waals surface area contributed by atoms with Crippen molar-refractivity contribution in [2.24, 2.45) is 0 Å². The monoisotopic (exact) mass is 234 g/mol. The highest BCUT2D eigenvalue weighted by Gasteiger charge is 2.32. The van der Waals surface area contributed by atoms with E-state index in [1.807, 2.05) is 32.9 Å². The minimum absolute atomic E-state index is 0.0178. The van der Waals surface area contributed by atoms with E-state index in [1.165, 1.54) is 5.56 Å². The maximum absolute atomic E-state index is 11.9. The van der Waals surface area contributed by atoms with Crippen molar-refractivity contribution in [3.63, 3.8) is 0 Å². The molecular formula is C13H18N2O2. The number of fused-ring (bicyclic) bond motifs is 1. The summed E-state index contributed by atoms with van der Waals surface area (Å²) in [4.78, 5) is 11.9. The molecule has 0 saturated carbocycles. The molecule has 0 spiro atoms. The van der Waals surface area contributed by atoms with E-state index in [9.17, 15) is 4.79 Å². The van der Waals surface area contributed by atoms with E-state index >= 15 is 0 Å². The Bertz CT molecular complexity index is 457. The lowest BCUT2D eigenvalue weighted by molar-refractivity contribution is -0.117. The summed E-state index contributed by atoms with van der Waals surface area (Å²) < 4.78 is 0. The molecule has 1 heterocycles. The Balaban J connectivity index is 2.35. The molecule has 1 aliphatic heterocycles. The maximum atomic E-state index is 11.9. The van der Waals surface area contributed by atoms with Gasteiger partial charge in [-0.1, -0.05) is 12.1 Å². The molecule has 0 saturated heterocycles. The van der Waals surface area contributed by atoms with Crippen molar-refractivity contribution >= 4 is 11.6 Å². The number of amides is 1. The number of aryl methyl sites for hydroxylation is 1. The molecule has 2 unspecified atom stereocenters. The maximum Gasteiger partial charge on any atom is 0.246 e. The number of rotatable bonds is 3. The molecule has 0 aliphatic carbocycles. The molecule has 4 nitrogen and oxygen atoms in total. The predicted octanol–water partition coefficient (Wildman–Crippen LogP) is 1.27. The Morgan fingerprint density at radius 3 is 2.82 bits per heavy atom. The number of anilines is 1. The van der Waals surface area contributed by atoms with E-state index in [4.69, 9.17) is 5.11 Å².